The summed E-state index contributed by atoms with van der Waals surface area (Å²) in [5.41, 5.74) is 2.98. The molecule has 0 saturated heterocycles. The van der Waals surface area contributed by atoms with E-state index in [1.807, 2.05) is 33.0 Å². The molecule has 27 heavy (non-hydrogen) atoms. The minimum Gasteiger partial charge on any atom is -0.335 e. The summed E-state index contributed by atoms with van der Waals surface area (Å²) in [5, 5.41) is 0. The van der Waals surface area contributed by atoms with Gasteiger partial charge in [-0.25, -0.2) is 13.1 Å². The molecular weight excluding hydrogens is 360 g/mol. The second-order valence-corrected chi connectivity index (χ2v) is 8.84. The first-order valence-corrected chi connectivity index (χ1v) is 10.8. The van der Waals surface area contributed by atoms with E-state index in [9.17, 15) is 13.2 Å². The van der Waals surface area contributed by atoms with Crippen LogP contribution >= 0.6 is 0 Å². The largest absolute Gasteiger partial charge is 0.335 e. The third-order valence-electron chi connectivity index (χ3n) is 5.27. The van der Waals surface area contributed by atoms with Crippen LogP contribution in [0.15, 0.2) is 53.4 Å². The molecule has 1 N–H and O–H groups in total. The standard InChI is InChI=1S/C21H26N2O3S/c1-4-15(2)22-27(25,26)18-12-9-17(10-13-18)21(24)23(3)20-14-11-16-7-5-6-8-19(16)20/h5-10,12-13,15,20,22H,4,11,14H2,1-3H3. The average Bonchev–Trinajstić information content (AvgIpc) is 3.10. The van der Waals surface area contributed by atoms with Crippen LogP contribution in [0.2, 0.25) is 0 Å². The number of nitrogens with one attached hydrogen (secondary N) is 1. The van der Waals surface area contributed by atoms with Gasteiger partial charge in [0.15, 0.2) is 0 Å². The van der Waals surface area contributed by atoms with Crippen LogP contribution in [0.5, 0.6) is 0 Å². The zero-order valence-corrected chi connectivity index (χ0v) is 16.8. The molecule has 0 fully saturated rings. The van der Waals surface area contributed by atoms with Crippen molar-refractivity contribution >= 4 is 15.9 Å². The van der Waals surface area contributed by atoms with Gasteiger partial charge in [0.1, 0.15) is 0 Å². The van der Waals surface area contributed by atoms with Crippen LogP contribution in [-0.4, -0.2) is 32.3 Å². The fourth-order valence-corrected chi connectivity index (χ4v) is 4.80. The Morgan fingerprint density at radius 3 is 2.52 bits per heavy atom. The van der Waals surface area contributed by atoms with Crippen molar-refractivity contribution in [3.63, 3.8) is 0 Å². The first kappa shape index (κ1) is 19.6. The highest BCUT2D eigenvalue weighted by Gasteiger charge is 2.29. The number of benzene rings is 2. The van der Waals surface area contributed by atoms with Crippen LogP contribution in [0.1, 0.15) is 54.2 Å². The smallest absolute Gasteiger partial charge is 0.254 e. The normalized spacial score (nSPS) is 17.4. The molecule has 6 heteroatoms. The Hall–Kier alpha value is -2.18. The topological polar surface area (TPSA) is 66.5 Å². The van der Waals surface area contributed by atoms with E-state index < -0.39 is 10.0 Å². The third kappa shape index (κ3) is 4.06. The van der Waals surface area contributed by atoms with Gasteiger partial charge in [-0.1, -0.05) is 31.2 Å². The number of sulfonamides is 1. The van der Waals surface area contributed by atoms with Crippen molar-refractivity contribution in [3.05, 3.63) is 65.2 Å². The average molecular weight is 387 g/mol. The molecule has 5 nitrogen and oxygen atoms in total. The van der Waals surface area contributed by atoms with Gasteiger partial charge in [0.2, 0.25) is 10.0 Å². The first-order valence-electron chi connectivity index (χ1n) is 9.31. The first-order chi connectivity index (χ1) is 12.8. The molecule has 0 radical (unpaired) electrons. The molecule has 2 atom stereocenters. The van der Waals surface area contributed by atoms with Gasteiger partial charge in [-0.05, 0) is 61.6 Å². The molecule has 2 aromatic carbocycles. The predicted octanol–water partition coefficient (Wildman–Crippen LogP) is 3.52. The van der Waals surface area contributed by atoms with Gasteiger partial charge in [0, 0.05) is 18.7 Å². The maximum Gasteiger partial charge on any atom is 0.254 e. The monoisotopic (exact) mass is 386 g/mol. The summed E-state index contributed by atoms with van der Waals surface area (Å²) in [6.07, 6.45) is 2.59. The lowest BCUT2D eigenvalue weighted by molar-refractivity contribution is 0.0730. The molecule has 1 amide bonds. The van der Waals surface area contributed by atoms with Gasteiger partial charge in [-0.2, -0.15) is 0 Å². The summed E-state index contributed by atoms with van der Waals surface area (Å²) in [6, 6.07) is 14.3. The van der Waals surface area contributed by atoms with Crippen LogP contribution in [-0.2, 0) is 16.4 Å². The molecule has 144 valence electrons. The van der Waals surface area contributed by atoms with Crippen molar-refractivity contribution in [2.45, 2.75) is 50.1 Å². The number of aryl methyl sites for hydroxylation is 1. The summed E-state index contributed by atoms with van der Waals surface area (Å²) in [6.45, 7) is 3.75. The van der Waals surface area contributed by atoms with E-state index in [1.54, 1.807) is 17.0 Å². The highest BCUT2D eigenvalue weighted by molar-refractivity contribution is 7.89. The Morgan fingerprint density at radius 1 is 1.19 bits per heavy atom. The van der Waals surface area contributed by atoms with Gasteiger partial charge in [0.05, 0.1) is 10.9 Å². The zero-order chi connectivity index (χ0) is 19.6. The van der Waals surface area contributed by atoms with Crippen molar-refractivity contribution in [3.8, 4) is 0 Å². The predicted molar refractivity (Wildman–Crippen MR) is 106 cm³/mol. The van der Waals surface area contributed by atoms with E-state index in [4.69, 9.17) is 0 Å². The Morgan fingerprint density at radius 2 is 1.85 bits per heavy atom. The van der Waals surface area contributed by atoms with E-state index in [2.05, 4.69) is 16.9 Å². The fraction of sp³-hybridized carbons (Fsp3) is 0.381. The maximum absolute atomic E-state index is 12.9. The number of carbonyl (C=O) groups is 1. The van der Waals surface area contributed by atoms with Crippen LogP contribution in [0.25, 0.3) is 0 Å². The van der Waals surface area contributed by atoms with Crippen molar-refractivity contribution < 1.29 is 13.2 Å². The van der Waals surface area contributed by atoms with E-state index in [0.717, 1.165) is 12.8 Å². The summed E-state index contributed by atoms with van der Waals surface area (Å²) in [4.78, 5) is 14.8. The van der Waals surface area contributed by atoms with Gasteiger partial charge < -0.3 is 4.90 Å². The molecule has 0 aliphatic heterocycles. The number of hydrogen-bond acceptors (Lipinski definition) is 3. The van der Waals surface area contributed by atoms with Crippen LogP contribution in [0.4, 0.5) is 0 Å². The lowest BCUT2D eigenvalue weighted by atomic mass is 10.1. The van der Waals surface area contributed by atoms with E-state index >= 15 is 0 Å². The van der Waals surface area contributed by atoms with Crippen LogP contribution in [0.3, 0.4) is 0 Å². The van der Waals surface area contributed by atoms with E-state index in [0.29, 0.717) is 12.0 Å². The van der Waals surface area contributed by atoms with Crippen molar-refractivity contribution in [2.75, 3.05) is 7.05 Å². The maximum atomic E-state index is 12.9. The highest BCUT2D eigenvalue weighted by atomic mass is 32.2. The molecule has 0 saturated carbocycles. The molecular formula is C21H26N2O3S. The zero-order valence-electron chi connectivity index (χ0n) is 16.0. The van der Waals surface area contributed by atoms with Crippen molar-refractivity contribution in [2.24, 2.45) is 0 Å². The molecule has 0 spiro atoms. The Balaban J connectivity index is 1.76. The molecule has 0 aromatic heterocycles. The number of nitrogens with zero attached hydrogens (tertiary/aromatic N) is 1. The Labute approximate surface area is 161 Å². The van der Waals surface area contributed by atoms with Gasteiger partial charge in [0.25, 0.3) is 5.91 Å². The summed E-state index contributed by atoms with van der Waals surface area (Å²) >= 11 is 0. The minimum atomic E-state index is -3.56. The summed E-state index contributed by atoms with van der Waals surface area (Å²) in [7, 11) is -1.76. The van der Waals surface area contributed by atoms with Crippen LogP contribution in [0, 0.1) is 0 Å². The van der Waals surface area contributed by atoms with E-state index in [-0.39, 0.29) is 22.9 Å². The lowest BCUT2D eigenvalue weighted by Gasteiger charge is -2.25. The molecule has 1 aliphatic rings. The number of hydrogen-bond donors (Lipinski definition) is 1. The number of rotatable bonds is 6. The number of amides is 1. The third-order valence-corrected chi connectivity index (χ3v) is 6.87. The summed E-state index contributed by atoms with van der Waals surface area (Å²) < 4.78 is 27.3. The highest BCUT2D eigenvalue weighted by Crippen LogP contribution is 2.35. The molecule has 1 aliphatic carbocycles. The summed E-state index contributed by atoms with van der Waals surface area (Å²) in [5.74, 6) is -0.101. The second-order valence-electron chi connectivity index (χ2n) is 7.12. The SMILES string of the molecule is CCC(C)NS(=O)(=O)c1ccc(C(=O)N(C)C2CCc3ccccc32)cc1. The molecule has 0 heterocycles. The quantitative estimate of drug-likeness (QED) is 0.826. The Bertz CT molecular complexity index is 923. The minimum absolute atomic E-state index is 0.0594. The fourth-order valence-electron chi connectivity index (χ4n) is 3.48. The van der Waals surface area contributed by atoms with E-state index in [1.165, 1.54) is 23.3 Å². The molecule has 2 aromatic rings. The van der Waals surface area contributed by atoms with Crippen LogP contribution < -0.4 is 4.72 Å². The molecule has 2 unspecified atom stereocenters. The molecule has 0 bridgehead atoms. The number of carbonyl (C=O) groups excluding carboxylic acids is 1. The number of fused-ring (bicyclic) bond motifs is 1. The molecule has 3 rings (SSSR count). The van der Waals surface area contributed by atoms with Gasteiger partial charge in [-0.3, -0.25) is 4.79 Å². The van der Waals surface area contributed by atoms with Gasteiger partial charge in [-0.15, -0.1) is 0 Å². The Kier molecular flexibility index (Phi) is 5.67. The van der Waals surface area contributed by atoms with Crippen molar-refractivity contribution in [1.82, 2.24) is 9.62 Å². The lowest BCUT2D eigenvalue weighted by Crippen LogP contribution is -2.32. The van der Waals surface area contributed by atoms with Crippen molar-refractivity contribution in [1.29, 1.82) is 0 Å². The van der Waals surface area contributed by atoms with Gasteiger partial charge >= 0.3 is 0 Å². The second kappa shape index (κ2) is 7.82.